The van der Waals surface area contributed by atoms with Crippen LogP contribution in [0.4, 0.5) is 4.39 Å². The molecule has 98 valence electrons. The van der Waals surface area contributed by atoms with E-state index < -0.39 is 5.82 Å². The molecule has 2 aromatic heterocycles. The van der Waals surface area contributed by atoms with Gasteiger partial charge in [0.25, 0.3) is 0 Å². The fraction of sp³-hybridized carbons (Fsp3) is 0.0714. The molecule has 0 spiro atoms. The molecule has 0 saturated carbocycles. The predicted molar refractivity (Wildman–Crippen MR) is 69.6 cm³/mol. The zero-order chi connectivity index (χ0) is 14.1. The van der Waals surface area contributed by atoms with Gasteiger partial charge in [-0.05, 0) is 18.2 Å². The van der Waals surface area contributed by atoms with Crippen LogP contribution in [0.1, 0.15) is 5.56 Å². The Morgan fingerprint density at radius 1 is 1.25 bits per heavy atom. The molecule has 1 aromatic carbocycles. The van der Waals surface area contributed by atoms with Crippen molar-refractivity contribution in [3.8, 4) is 23.2 Å². The molecule has 0 aliphatic carbocycles. The van der Waals surface area contributed by atoms with E-state index in [4.69, 9.17) is 10.00 Å². The highest BCUT2D eigenvalue weighted by Gasteiger charge is 2.13. The summed E-state index contributed by atoms with van der Waals surface area (Å²) in [6, 6.07) is 9.78. The van der Waals surface area contributed by atoms with Gasteiger partial charge >= 0.3 is 0 Å². The highest BCUT2D eigenvalue weighted by Crippen LogP contribution is 2.25. The molecule has 0 aliphatic rings. The van der Waals surface area contributed by atoms with Crippen molar-refractivity contribution < 1.29 is 9.13 Å². The summed E-state index contributed by atoms with van der Waals surface area (Å²) in [5.74, 6) is 0.375. The smallest absolute Gasteiger partial charge is 0.171 e. The molecule has 0 unspecified atom stereocenters. The van der Waals surface area contributed by atoms with Crippen molar-refractivity contribution in [1.82, 2.24) is 14.6 Å². The normalized spacial score (nSPS) is 10.4. The molecule has 0 radical (unpaired) electrons. The van der Waals surface area contributed by atoms with Gasteiger partial charge < -0.3 is 4.74 Å². The van der Waals surface area contributed by atoms with Crippen molar-refractivity contribution in [3.05, 3.63) is 47.9 Å². The molecule has 0 amide bonds. The Hall–Kier alpha value is -2.94. The minimum absolute atomic E-state index is 0.322. The first-order valence-corrected chi connectivity index (χ1v) is 5.81. The third-order valence-electron chi connectivity index (χ3n) is 2.96. The van der Waals surface area contributed by atoms with E-state index in [9.17, 15) is 4.39 Å². The Kier molecular flexibility index (Phi) is 2.80. The first kappa shape index (κ1) is 12.1. The third-order valence-corrected chi connectivity index (χ3v) is 2.96. The lowest BCUT2D eigenvalue weighted by Gasteiger charge is -2.04. The average molecular weight is 268 g/mol. The minimum atomic E-state index is -0.442. The molecule has 0 atom stereocenters. The Balaban J connectivity index is 2.18. The van der Waals surface area contributed by atoms with Crippen LogP contribution in [-0.2, 0) is 0 Å². The van der Waals surface area contributed by atoms with Crippen LogP contribution in [0.2, 0.25) is 0 Å². The molecule has 3 aromatic rings. The summed E-state index contributed by atoms with van der Waals surface area (Å²) in [6.45, 7) is 0. The quantitative estimate of drug-likeness (QED) is 0.716. The van der Waals surface area contributed by atoms with Gasteiger partial charge in [0.1, 0.15) is 11.6 Å². The molecule has 0 N–H and O–H groups in total. The standard InChI is InChI=1S/C14H9FN4O/c1-20-10-2-3-11(12(15)7-10)14-18-17-13-6-9(8-16)4-5-19(13)14/h2-7H,1H3. The van der Waals surface area contributed by atoms with Crippen molar-refractivity contribution in [2.45, 2.75) is 0 Å². The number of hydrogen-bond acceptors (Lipinski definition) is 4. The topological polar surface area (TPSA) is 63.2 Å². The molecule has 0 bridgehead atoms. The number of hydrogen-bond donors (Lipinski definition) is 0. The first-order valence-electron chi connectivity index (χ1n) is 5.81. The Morgan fingerprint density at radius 3 is 2.80 bits per heavy atom. The third kappa shape index (κ3) is 1.86. The Bertz CT molecular complexity index is 835. The maximum Gasteiger partial charge on any atom is 0.171 e. The van der Waals surface area contributed by atoms with Gasteiger partial charge in [0.05, 0.1) is 24.3 Å². The Labute approximate surface area is 113 Å². The van der Waals surface area contributed by atoms with Gasteiger partial charge in [0, 0.05) is 18.3 Å². The van der Waals surface area contributed by atoms with Crippen molar-refractivity contribution >= 4 is 5.65 Å². The number of methoxy groups -OCH3 is 1. The van der Waals surface area contributed by atoms with Crippen LogP contribution < -0.4 is 4.74 Å². The SMILES string of the molecule is COc1ccc(-c2nnc3cc(C#N)ccn23)c(F)c1. The van der Waals surface area contributed by atoms with Crippen LogP contribution in [0.15, 0.2) is 36.5 Å². The van der Waals surface area contributed by atoms with E-state index in [0.717, 1.165) is 0 Å². The van der Waals surface area contributed by atoms with Crippen molar-refractivity contribution in [2.24, 2.45) is 0 Å². The van der Waals surface area contributed by atoms with Gasteiger partial charge in [-0.1, -0.05) is 0 Å². The number of benzene rings is 1. The second kappa shape index (κ2) is 4.63. The lowest BCUT2D eigenvalue weighted by Crippen LogP contribution is -1.93. The zero-order valence-electron chi connectivity index (χ0n) is 10.5. The fourth-order valence-electron chi connectivity index (χ4n) is 1.95. The number of ether oxygens (including phenoxy) is 1. The maximum absolute atomic E-state index is 14.1. The van der Waals surface area contributed by atoms with Crippen LogP contribution in [0, 0.1) is 17.1 Å². The largest absolute Gasteiger partial charge is 0.497 e. The van der Waals surface area contributed by atoms with E-state index in [0.29, 0.717) is 28.3 Å². The molecule has 20 heavy (non-hydrogen) atoms. The number of halogens is 1. The monoisotopic (exact) mass is 268 g/mol. The second-order valence-corrected chi connectivity index (χ2v) is 4.12. The highest BCUT2D eigenvalue weighted by molar-refractivity contribution is 5.62. The van der Waals surface area contributed by atoms with Gasteiger partial charge in [-0.2, -0.15) is 5.26 Å². The van der Waals surface area contributed by atoms with Crippen LogP contribution in [-0.4, -0.2) is 21.7 Å². The van der Waals surface area contributed by atoms with Crippen molar-refractivity contribution in [3.63, 3.8) is 0 Å². The summed E-state index contributed by atoms with van der Waals surface area (Å²) < 4.78 is 20.7. The van der Waals surface area contributed by atoms with Crippen molar-refractivity contribution in [2.75, 3.05) is 7.11 Å². The second-order valence-electron chi connectivity index (χ2n) is 4.12. The van der Waals surface area contributed by atoms with E-state index in [1.807, 2.05) is 6.07 Å². The van der Waals surface area contributed by atoms with Gasteiger partial charge in [-0.3, -0.25) is 4.40 Å². The van der Waals surface area contributed by atoms with Crippen LogP contribution in [0.25, 0.3) is 17.0 Å². The predicted octanol–water partition coefficient (Wildman–Crippen LogP) is 2.42. The number of nitriles is 1. The Morgan fingerprint density at radius 2 is 2.10 bits per heavy atom. The van der Waals surface area contributed by atoms with Crippen LogP contribution in [0.5, 0.6) is 5.75 Å². The molecule has 6 heteroatoms. The molecule has 3 rings (SSSR count). The molecule has 5 nitrogen and oxygen atoms in total. The van der Waals surface area contributed by atoms with E-state index in [-0.39, 0.29) is 0 Å². The highest BCUT2D eigenvalue weighted by atomic mass is 19.1. The fourth-order valence-corrected chi connectivity index (χ4v) is 1.95. The lowest BCUT2D eigenvalue weighted by molar-refractivity contribution is 0.411. The van der Waals surface area contributed by atoms with E-state index >= 15 is 0 Å². The molecular formula is C14H9FN4O. The van der Waals surface area contributed by atoms with Crippen molar-refractivity contribution in [1.29, 1.82) is 5.26 Å². The van der Waals surface area contributed by atoms with Gasteiger partial charge in [0.2, 0.25) is 0 Å². The number of fused-ring (bicyclic) bond motifs is 1. The van der Waals surface area contributed by atoms with Gasteiger partial charge in [0.15, 0.2) is 11.5 Å². The lowest BCUT2D eigenvalue weighted by atomic mass is 10.2. The molecule has 0 saturated heterocycles. The van der Waals surface area contributed by atoms with Crippen LogP contribution in [0.3, 0.4) is 0 Å². The number of rotatable bonds is 2. The summed E-state index contributed by atoms with van der Waals surface area (Å²) in [4.78, 5) is 0. The maximum atomic E-state index is 14.1. The molecule has 0 aliphatic heterocycles. The average Bonchev–Trinajstić information content (AvgIpc) is 2.89. The zero-order valence-corrected chi connectivity index (χ0v) is 10.5. The van der Waals surface area contributed by atoms with E-state index in [1.54, 1.807) is 34.9 Å². The molecule has 0 fully saturated rings. The summed E-state index contributed by atoms with van der Waals surface area (Å²) in [5.41, 5.74) is 1.30. The number of nitrogens with zero attached hydrogens (tertiary/aromatic N) is 4. The summed E-state index contributed by atoms with van der Waals surface area (Å²) in [6.07, 6.45) is 1.65. The molecular weight excluding hydrogens is 259 g/mol. The van der Waals surface area contributed by atoms with E-state index in [1.165, 1.54) is 13.2 Å². The van der Waals surface area contributed by atoms with Gasteiger partial charge in [-0.15, -0.1) is 10.2 Å². The molecule has 2 heterocycles. The number of aromatic nitrogens is 3. The summed E-state index contributed by atoms with van der Waals surface area (Å²) >= 11 is 0. The van der Waals surface area contributed by atoms with E-state index in [2.05, 4.69) is 10.2 Å². The van der Waals surface area contributed by atoms with Crippen LogP contribution >= 0.6 is 0 Å². The first-order chi connectivity index (χ1) is 9.72. The van der Waals surface area contributed by atoms with Gasteiger partial charge in [-0.25, -0.2) is 4.39 Å². The number of pyridine rings is 1. The summed E-state index contributed by atoms with van der Waals surface area (Å²) in [7, 11) is 1.48. The summed E-state index contributed by atoms with van der Waals surface area (Å²) in [5, 5.41) is 16.8. The minimum Gasteiger partial charge on any atom is -0.497 e.